The fourth-order valence-electron chi connectivity index (χ4n) is 1.60. The van der Waals surface area contributed by atoms with Crippen LogP contribution in [-0.4, -0.2) is 17.0 Å². The van der Waals surface area contributed by atoms with Gasteiger partial charge in [0, 0.05) is 12.7 Å². The Balaban J connectivity index is 2.31. The highest BCUT2D eigenvalue weighted by atomic mass is 16.6. The maximum atomic E-state index is 10.8. The van der Waals surface area contributed by atoms with Gasteiger partial charge in [0.15, 0.2) is 0 Å². The second-order valence-electron chi connectivity index (χ2n) is 4.09. The Morgan fingerprint density at radius 2 is 1.79 bits per heavy atom. The van der Waals surface area contributed by atoms with E-state index in [1.165, 1.54) is 12.1 Å². The summed E-state index contributed by atoms with van der Waals surface area (Å²) < 4.78 is 0. The molecule has 6 heteroatoms. The molecule has 2 N–H and O–H groups in total. The van der Waals surface area contributed by atoms with Crippen molar-refractivity contribution in [3.8, 4) is 0 Å². The minimum Gasteiger partial charge on any atom is -0.373 e. The Labute approximate surface area is 110 Å². The number of pyridine rings is 1. The van der Waals surface area contributed by atoms with E-state index in [1.807, 2.05) is 31.2 Å². The minimum atomic E-state index is -0.442. The van der Waals surface area contributed by atoms with Crippen LogP contribution in [0.2, 0.25) is 0 Å². The maximum Gasteiger partial charge on any atom is 0.276 e. The zero-order valence-electron chi connectivity index (χ0n) is 10.7. The summed E-state index contributed by atoms with van der Waals surface area (Å²) in [5.41, 5.74) is 1.98. The van der Waals surface area contributed by atoms with E-state index in [0.29, 0.717) is 11.6 Å². The summed E-state index contributed by atoms with van der Waals surface area (Å²) in [5, 5.41) is 16.7. The predicted molar refractivity (Wildman–Crippen MR) is 74.9 cm³/mol. The molecule has 0 aliphatic rings. The lowest BCUT2D eigenvalue weighted by Gasteiger charge is -2.07. The number of anilines is 3. The van der Waals surface area contributed by atoms with E-state index in [9.17, 15) is 10.1 Å². The van der Waals surface area contributed by atoms with Gasteiger partial charge in [0.05, 0.1) is 17.1 Å². The van der Waals surface area contributed by atoms with Crippen molar-refractivity contribution in [3.63, 3.8) is 0 Å². The van der Waals surface area contributed by atoms with Crippen LogP contribution in [0.3, 0.4) is 0 Å². The van der Waals surface area contributed by atoms with Crippen molar-refractivity contribution in [2.75, 3.05) is 17.7 Å². The lowest BCUT2D eigenvalue weighted by molar-refractivity contribution is -0.384. The molecule has 0 amide bonds. The number of nitrogens with zero attached hydrogens (tertiary/aromatic N) is 2. The Morgan fingerprint density at radius 3 is 2.37 bits per heavy atom. The molecule has 2 rings (SSSR count). The molecule has 0 aliphatic carbocycles. The fourth-order valence-corrected chi connectivity index (χ4v) is 1.60. The summed E-state index contributed by atoms with van der Waals surface area (Å²) >= 11 is 0. The van der Waals surface area contributed by atoms with Crippen molar-refractivity contribution >= 4 is 23.0 Å². The van der Waals surface area contributed by atoms with Gasteiger partial charge in [0.1, 0.15) is 11.6 Å². The lowest BCUT2D eigenvalue weighted by atomic mass is 10.2. The van der Waals surface area contributed by atoms with Gasteiger partial charge in [-0.1, -0.05) is 17.7 Å². The molecule has 0 radical (unpaired) electrons. The molecule has 0 aliphatic heterocycles. The number of hydrogen-bond acceptors (Lipinski definition) is 5. The molecule has 19 heavy (non-hydrogen) atoms. The van der Waals surface area contributed by atoms with E-state index >= 15 is 0 Å². The summed E-state index contributed by atoms with van der Waals surface area (Å²) in [7, 11) is 1.67. The number of aryl methyl sites for hydroxylation is 1. The van der Waals surface area contributed by atoms with Gasteiger partial charge < -0.3 is 10.6 Å². The Kier molecular flexibility index (Phi) is 3.61. The van der Waals surface area contributed by atoms with Gasteiger partial charge in [-0.25, -0.2) is 4.98 Å². The quantitative estimate of drug-likeness (QED) is 0.650. The first-order valence-corrected chi connectivity index (χ1v) is 5.76. The van der Waals surface area contributed by atoms with Gasteiger partial charge in [0.2, 0.25) is 0 Å². The summed E-state index contributed by atoms with van der Waals surface area (Å²) in [6.45, 7) is 1.99. The first-order chi connectivity index (χ1) is 9.08. The van der Waals surface area contributed by atoms with E-state index in [1.54, 1.807) is 7.05 Å². The summed E-state index contributed by atoms with van der Waals surface area (Å²) in [6.07, 6.45) is 0. The normalized spacial score (nSPS) is 10.0. The second-order valence-corrected chi connectivity index (χ2v) is 4.09. The SMILES string of the molecule is CNc1cc([N+](=O)[O-])cc(Nc2ccc(C)cc2)n1. The largest absolute Gasteiger partial charge is 0.373 e. The molecular formula is C13H14N4O2. The maximum absolute atomic E-state index is 10.8. The summed E-state index contributed by atoms with van der Waals surface area (Å²) in [4.78, 5) is 14.6. The van der Waals surface area contributed by atoms with Gasteiger partial charge in [-0.05, 0) is 19.1 Å². The number of aromatic nitrogens is 1. The number of nitrogens with one attached hydrogen (secondary N) is 2. The van der Waals surface area contributed by atoms with Gasteiger partial charge in [-0.3, -0.25) is 10.1 Å². The fraction of sp³-hybridized carbons (Fsp3) is 0.154. The Morgan fingerprint density at radius 1 is 1.16 bits per heavy atom. The first-order valence-electron chi connectivity index (χ1n) is 5.76. The van der Waals surface area contributed by atoms with Gasteiger partial charge in [-0.2, -0.15) is 0 Å². The molecule has 6 nitrogen and oxygen atoms in total. The van der Waals surface area contributed by atoms with Crippen LogP contribution in [0.1, 0.15) is 5.56 Å². The van der Waals surface area contributed by atoms with Gasteiger partial charge in [-0.15, -0.1) is 0 Å². The monoisotopic (exact) mass is 258 g/mol. The van der Waals surface area contributed by atoms with Crippen LogP contribution < -0.4 is 10.6 Å². The van der Waals surface area contributed by atoms with Crippen molar-refractivity contribution in [1.29, 1.82) is 0 Å². The van der Waals surface area contributed by atoms with Crippen molar-refractivity contribution in [2.24, 2.45) is 0 Å². The third-order valence-corrected chi connectivity index (χ3v) is 2.60. The molecule has 0 spiro atoms. The summed E-state index contributed by atoms with van der Waals surface area (Å²) in [5.74, 6) is 0.881. The van der Waals surface area contributed by atoms with Gasteiger partial charge in [0.25, 0.3) is 5.69 Å². The molecule has 1 aromatic carbocycles. The van der Waals surface area contributed by atoms with Crippen molar-refractivity contribution < 1.29 is 4.92 Å². The first kappa shape index (κ1) is 12.8. The van der Waals surface area contributed by atoms with E-state index in [2.05, 4.69) is 15.6 Å². The molecule has 0 saturated heterocycles. The Hall–Kier alpha value is -2.63. The lowest BCUT2D eigenvalue weighted by Crippen LogP contribution is -2.00. The molecule has 98 valence electrons. The molecule has 0 bridgehead atoms. The van der Waals surface area contributed by atoms with E-state index in [4.69, 9.17) is 0 Å². The van der Waals surface area contributed by atoms with Crippen LogP contribution in [0.5, 0.6) is 0 Å². The molecule has 0 fully saturated rings. The van der Waals surface area contributed by atoms with Crippen LogP contribution in [-0.2, 0) is 0 Å². The molecular weight excluding hydrogens is 244 g/mol. The third kappa shape index (κ3) is 3.19. The predicted octanol–water partition coefficient (Wildman–Crippen LogP) is 3.08. The molecule has 2 aromatic rings. The summed E-state index contributed by atoms with van der Waals surface area (Å²) in [6, 6.07) is 10.5. The number of rotatable bonds is 4. The van der Waals surface area contributed by atoms with Gasteiger partial charge >= 0.3 is 0 Å². The minimum absolute atomic E-state index is 0.00559. The molecule has 0 saturated carbocycles. The topological polar surface area (TPSA) is 80.1 Å². The molecule has 0 atom stereocenters. The van der Waals surface area contributed by atoms with Crippen LogP contribution in [0, 0.1) is 17.0 Å². The third-order valence-electron chi connectivity index (χ3n) is 2.60. The van der Waals surface area contributed by atoms with E-state index in [0.717, 1.165) is 11.3 Å². The highest BCUT2D eigenvalue weighted by Gasteiger charge is 2.10. The Bertz CT molecular complexity index is 596. The van der Waals surface area contributed by atoms with Crippen molar-refractivity contribution in [1.82, 2.24) is 4.98 Å². The average Bonchev–Trinajstić information content (AvgIpc) is 2.41. The van der Waals surface area contributed by atoms with Crippen LogP contribution >= 0.6 is 0 Å². The van der Waals surface area contributed by atoms with Crippen molar-refractivity contribution in [2.45, 2.75) is 6.92 Å². The zero-order valence-corrected chi connectivity index (χ0v) is 10.7. The molecule has 1 aromatic heterocycles. The molecule has 0 unspecified atom stereocenters. The van der Waals surface area contributed by atoms with Crippen LogP contribution in [0.25, 0.3) is 0 Å². The number of nitro groups is 1. The molecule has 1 heterocycles. The van der Waals surface area contributed by atoms with Crippen LogP contribution in [0.15, 0.2) is 36.4 Å². The highest BCUT2D eigenvalue weighted by molar-refractivity contribution is 5.62. The van der Waals surface area contributed by atoms with Crippen molar-refractivity contribution in [3.05, 3.63) is 52.1 Å². The van der Waals surface area contributed by atoms with E-state index < -0.39 is 4.92 Å². The average molecular weight is 258 g/mol. The van der Waals surface area contributed by atoms with E-state index in [-0.39, 0.29) is 5.69 Å². The zero-order chi connectivity index (χ0) is 13.8. The number of benzene rings is 1. The highest BCUT2D eigenvalue weighted by Crippen LogP contribution is 2.23. The standard InChI is InChI=1S/C13H14N4O2/c1-9-3-5-10(6-4-9)15-13-8-11(17(18)19)7-12(14-2)16-13/h3-8H,1-2H3,(H2,14,15,16). The van der Waals surface area contributed by atoms with Crippen LogP contribution in [0.4, 0.5) is 23.0 Å². The second kappa shape index (κ2) is 5.34. The smallest absolute Gasteiger partial charge is 0.276 e. The number of hydrogen-bond donors (Lipinski definition) is 2.